The van der Waals surface area contributed by atoms with E-state index in [1.165, 1.54) is 0 Å². The number of halogens is 1. The molecule has 0 aliphatic carbocycles. The Kier molecular flexibility index (Phi) is 4.87. The highest BCUT2D eigenvalue weighted by Crippen LogP contribution is 2.40. The summed E-state index contributed by atoms with van der Waals surface area (Å²) in [6.45, 7) is 2.10. The van der Waals surface area contributed by atoms with E-state index in [4.69, 9.17) is 11.6 Å². The number of benzene rings is 3. The number of carbonyl (C=O) groups is 1. The summed E-state index contributed by atoms with van der Waals surface area (Å²) in [5, 5.41) is 4.27. The number of carbonyl (C=O) groups excluding carboxylic acids is 1. The number of anilines is 2. The lowest BCUT2D eigenvalue weighted by atomic mass is 9.90. The van der Waals surface area contributed by atoms with Crippen molar-refractivity contribution >= 4 is 28.9 Å². The summed E-state index contributed by atoms with van der Waals surface area (Å²) < 4.78 is 0. The predicted octanol–water partition coefficient (Wildman–Crippen LogP) is 5.93. The van der Waals surface area contributed by atoms with E-state index in [1.54, 1.807) is 0 Å². The van der Waals surface area contributed by atoms with Crippen molar-refractivity contribution < 1.29 is 4.79 Å². The molecule has 27 heavy (non-hydrogen) atoms. The molecule has 3 aromatic carbocycles. The molecule has 1 aliphatic rings. The second-order valence-corrected chi connectivity index (χ2v) is 7.33. The Hall–Kier alpha value is -2.78. The number of fused-ring (bicyclic) bond motifs is 1. The zero-order valence-electron chi connectivity index (χ0n) is 15.1. The molecule has 1 heterocycles. The van der Waals surface area contributed by atoms with Crippen LogP contribution in [0.3, 0.4) is 0 Å². The minimum absolute atomic E-state index is 0.0184. The third-order valence-electron chi connectivity index (χ3n) is 5.00. The summed E-state index contributed by atoms with van der Waals surface area (Å²) in [6, 6.07) is 25.5. The number of para-hydroxylation sites is 1. The number of nitrogens with one attached hydrogen (secondary N) is 1. The van der Waals surface area contributed by atoms with Gasteiger partial charge < -0.3 is 10.2 Å². The molecule has 136 valence electrons. The SMILES string of the molecule is CC1CC(Nc2ccccc2)c2cc(Cl)ccc2N1C(=O)c1ccccc1. The molecule has 1 amide bonds. The van der Waals surface area contributed by atoms with Crippen LogP contribution in [0.4, 0.5) is 11.4 Å². The highest BCUT2D eigenvalue weighted by molar-refractivity contribution is 6.30. The molecule has 0 radical (unpaired) electrons. The number of nitrogens with zero attached hydrogens (tertiary/aromatic N) is 1. The maximum atomic E-state index is 13.2. The fourth-order valence-electron chi connectivity index (χ4n) is 3.74. The topological polar surface area (TPSA) is 32.3 Å². The van der Waals surface area contributed by atoms with Gasteiger partial charge in [0.05, 0.1) is 6.04 Å². The molecule has 4 heteroatoms. The Labute approximate surface area is 164 Å². The van der Waals surface area contributed by atoms with Crippen LogP contribution in [-0.2, 0) is 0 Å². The summed E-state index contributed by atoms with van der Waals surface area (Å²) >= 11 is 6.29. The van der Waals surface area contributed by atoms with Crippen molar-refractivity contribution in [1.82, 2.24) is 0 Å². The smallest absolute Gasteiger partial charge is 0.258 e. The van der Waals surface area contributed by atoms with Crippen molar-refractivity contribution in [2.24, 2.45) is 0 Å². The molecular formula is C23H21ClN2O. The molecule has 2 unspecified atom stereocenters. The van der Waals surface area contributed by atoms with E-state index < -0.39 is 0 Å². The van der Waals surface area contributed by atoms with Crippen LogP contribution >= 0.6 is 11.6 Å². The monoisotopic (exact) mass is 376 g/mol. The van der Waals surface area contributed by atoms with Gasteiger partial charge in [-0.25, -0.2) is 0 Å². The van der Waals surface area contributed by atoms with Crippen molar-refractivity contribution in [3.63, 3.8) is 0 Å². The third kappa shape index (κ3) is 3.56. The number of hydrogen-bond donors (Lipinski definition) is 1. The van der Waals surface area contributed by atoms with Gasteiger partial charge in [0.2, 0.25) is 0 Å². The van der Waals surface area contributed by atoms with Gasteiger partial charge in [0, 0.05) is 28.0 Å². The molecular weight excluding hydrogens is 356 g/mol. The van der Waals surface area contributed by atoms with E-state index in [0.717, 1.165) is 23.4 Å². The van der Waals surface area contributed by atoms with Gasteiger partial charge in [-0.3, -0.25) is 4.79 Å². The van der Waals surface area contributed by atoms with Crippen molar-refractivity contribution in [1.29, 1.82) is 0 Å². The highest BCUT2D eigenvalue weighted by atomic mass is 35.5. The summed E-state index contributed by atoms with van der Waals surface area (Å²) in [5.74, 6) is 0.0184. The lowest BCUT2D eigenvalue weighted by Gasteiger charge is -2.40. The zero-order chi connectivity index (χ0) is 18.8. The normalized spacial score (nSPS) is 18.7. The van der Waals surface area contributed by atoms with Crippen LogP contribution in [0, 0.1) is 0 Å². The zero-order valence-corrected chi connectivity index (χ0v) is 15.9. The second kappa shape index (κ2) is 7.45. The van der Waals surface area contributed by atoms with E-state index in [-0.39, 0.29) is 18.0 Å². The Morgan fingerprint density at radius 1 is 1.00 bits per heavy atom. The van der Waals surface area contributed by atoms with Gasteiger partial charge in [0.15, 0.2) is 0 Å². The molecule has 0 saturated carbocycles. The fraction of sp³-hybridized carbons (Fsp3) is 0.174. The van der Waals surface area contributed by atoms with Gasteiger partial charge in [-0.15, -0.1) is 0 Å². The molecule has 3 aromatic rings. The lowest BCUT2D eigenvalue weighted by Crippen LogP contribution is -2.44. The van der Waals surface area contributed by atoms with E-state index in [1.807, 2.05) is 71.6 Å². The molecule has 0 spiro atoms. The number of amides is 1. The first kappa shape index (κ1) is 17.6. The first-order valence-electron chi connectivity index (χ1n) is 9.13. The Bertz CT molecular complexity index is 943. The van der Waals surface area contributed by atoms with Gasteiger partial charge in [-0.05, 0) is 61.4 Å². The first-order chi connectivity index (χ1) is 13.1. The largest absolute Gasteiger partial charge is 0.378 e. The number of rotatable bonds is 3. The molecule has 0 saturated heterocycles. The van der Waals surface area contributed by atoms with E-state index in [9.17, 15) is 4.79 Å². The minimum atomic E-state index is 0.0184. The average Bonchev–Trinajstić information content (AvgIpc) is 2.69. The number of hydrogen-bond acceptors (Lipinski definition) is 2. The van der Waals surface area contributed by atoms with Crippen LogP contribution in [0.2, 0.25) is 5.02 Å². The summed E-state index contributed by atoms with van der Waals surface area (Å²) in [4.78, 5) is 15.1. The highest BCUT2D eigenvalue weighted by Gasteiger charge is 2.34. The van der Waals surface area contributed by atoms with Crippen molar-refractivity contribution in [3.05, 3.63) is 95.0 Å². The van der Waals surface area contributed by atoms with Crippen LogP contribution in [0.5, 0.6) is 0 Å². The van der Waals surface area contributed by atoms with E-state index in [0.29, 0.717) is 10.6 Å². The Balaban J connectivity index is 1.73. The van der Waals surface area contributed by atoms with Crippen LogP contribution in [0.25, 0.3) is 0 Å². The molecule has 0 fully saturated rings. The van der Waals surface area contributed by atoms with Crippen LogP contribution < -0.4 is 10.2 Å². The quantitative estimate of drug-likeness (QED) is 0.614. The molecule has 4 rings (SSSR count). The van der Waals surface area contributed by atoms with Crippen molar-refractivity contribution in [2.45, 2.75) is 25.4 Å². The van der Waals surface area contributed by atoms with Gasteiger partial charge in [0.1, 0.15) is 0 Å². The minimum Gasteiger partial charge on any atom is -0.378 e. The van der Waals surface area contributed by atoms with Crippen LogP contribution in [0.15, 0.2) is 78.9 Å². The van der Waals surface area contributed by atoms with Gasteiger partial charge in [0.25, 0.3) is 5.91 Å². The maximum absolute atomic E-state index is 13.2. The average molecular weight is 377 g/mol. The van der Waals surface area contributed by atoms with Crippen molar-refractivity contribution in [3.8, 4) is 0 Å². The second-order valence-electron chi connectivity index (χ2n) is 6.89. The molecule has 0 aromatic heterocycles. The molecule has 0 bridgehead atoms. The van der Waals surface area contributed by atoms with Gasteiger partial charge >= 0.3 is 0 Å². The summed E-state index contributed by atoms with van der Waals surface area (Å²) in [6.07, 6.45) is 0.806. The van der Waals surface area contributed by atoms with E-state index in [2.05, 4.69) is 24.4 Å². The fourth-order valence-corrected chi connectivity index (χ4v) is 3.92. The molecule has 1 aliphatic heterocycles. The van der Waals surface area contributed by atoms with Crippen molar-refractivity contribution in [2.75, 3.05) is 10.2 Å². The van der Waals surface area contributed by atoms with Gasteiger partial charge in [-0.2, -0.15) is 0 Å². The molecule has 3 nitrogen and oxygen atoms in total. The van der Waals surface area contributed by atoms with Gasteiger partial charge in [-0.1, -0.05) is 48.0 Å². The summed E-state index contributed by atoms with van der Waals surface area (Å²) in [7, 11) is 0. The first-order valence-corrected chi connectivity index (χ1v) is 9.51. The third-order valence-corrected chi connectivity index (χ3v) is 5.23. The molecule has 1 N–H and O–H groups in total. The van der Waals surface area contributed by atoms with Crippen LogP contribution in [0.1, 0.15) is 35.3 Å². The lowest BCUT2D eigenvalue weighted by molar-refractivity contribution is 0.0974. The summed E-state index contributed by atoms with van der Waals surface area (Å²) in [5.41, 5.74) is 3.72. The Morgan fingerprint density at radius 2 is 1.67 bits per heavy atom. The van der Waals surface area contributed by atoms with Crippen LogP contribution in [-0.4, -0.2) is 11.9 Å². The van der Waals surface area contributed by atoms with E-state index >= 15 is 0 Å². The molecule has 2 atom stereocenters. The Morgan fingerprint density at radius 3 is 2.37 bits per heavy atom. The maximum Gasteiger partial charge on any atom is 0.258 e. The predicted molar refractivity (Wildman–Crippen MR) is 112 cm³/mol. The standard InChI is InChI=1S/C23H21ClN2O/c1-16-14-21(25-19-10-6-3-7-11-19)20-15-18(24)12-13-22(20)26(16)23(27)17-8-4-2-5-9-17/h2-13,15-16,21,25H,14H2,1H3.